The highest BCUT2D eigenvalue weighted by Gasteiger charge is 2.26. The Balaban J connectivity index is 2.37. The number of piperidine rings is 1. The molecule has 1 heterocycles. The Hall–Kier alpha value is -1.69. The largest absolute Gasteiger partial charge is 0.364 e. The smallest absolute Gasteiger partial charge is 0.327 e. The van der Waals surface area contributed by atoms with Crippen LogP contribution in [0.4, 0.5) is 15.8 Å². The highest BCUT2D eigenvalue weighted by atomic mass is 19.1. The number of hydrogen-bond donors (Lipinski definition) is 1. The molecule has 1 aromatic carbocycles. The Kier molecular flexibility index (Phi) is 3.23. The molecule has 2 N–H and O–H groups in total. The van der Waals surface area contributed by atoms with Crippen LogP contribution in [0.2, 0.25) is 0 Å². The average Bonchev–Trinajstić information content (AvgIpc) is 2.28. The second kappa shape index (κ2) is 4.67. The van der Waals surface area contributed by atoms with Crippen molar-refractivity contribution in [1.82, 2.24) is 0 Å². The highest BCUT2D eigenvalue weighted by Crippen LogP contribution is 2.32. The minimum atomic E-state index is -0.799. The fraction of sp³-hybridized carbons (Fsp3) is 0.455. The van der Waals surface area contributed by atoms with Gasteiger partial charge in [0, 0.05) is 19.1 Å². The number of benzene rings is 1. The first-order chi connectivity index (χ1) is 8.09. The molecule has 1 aliphatic heterocycles. The van der Waals surface area contributed by atoms with Gasteiger partial charge < -0.3 is 10.6 Å². The fourth-order valence-electron chi connectivity index (χ4n) is 2.17. The predicted molar refractivity (Wildman–Crippen MR) is 62.5 cm³/mol. The van der Waals surface area contributed by atoms with Gasteiger partial charge in [-0.15, -0.1) is 0 Å². The number of halogens is 1. The number of para-hydroxylation sites is 1. The van der Waals surface area contributed by atoms with Crippen molar-refractivity contribution < 1.29 is 9.31 Å². The van der Waals surface area contributed by atoms with Crippen molar-refractivity contribution >= 4 is 11.4 Å². The number of nitrogens with zero attached hydrogens (tertiary/aromatic N) is 2. The topological polar surface area (TPSA) is 72.4 Å². The van der Waals surface area contributed by atoms with E-state index >= 15 is 0 Å². The lowest BCUT2D eigenvalue weighted by atomic mass is 10.1. The third-order valence-electron chi connectivity index (χ3n) is 2.95. The Bertz CT molecular complexity index is 439. The zero-order valence-corrected chi connectivity index (χ0v) is 9.30. The van der Waals surface area contributed by atoms with Crippen molar-refractivity contribution in [3.05, 3.63) is 34.1 Å². The molecule has 1 saturated heterocycles. The van der Waals surface area contributed by atoms with Gasteiger partial charge in [-0.3, -0.25) is 10.1 Å². The summed E-state index contributed by atoms with van der Waals surface area (Å²) in [5.41, 5.74) is 5.69. The summed E-state index contributed by atoms with van der Waals surface area (Å²) in [7, 11) is 0. The molecule has 17 heavy (non-hydrogen) atoms. The van der Waals surface area contributed by atoms with Crippen molar-refractivity contribution in [2.75, 3.05) is 18.0 Å². The molecule has 0 saturated carbocycles. The molecule has 0 aromatic heterocycles. The summed E-state index contributed by atoms with van der Waals surface area (Å²) < 4.78 is 13.5. The number of nitrogens with two attached hydrogens (primary N) is 1. The molecule has 1 fully saturated rings. The fourth-order valence-corrected chi connectivity index (χ4v) is 2.17. The van der Waals surface area contributed by atoms with E-state index in [4.69, 9.17) is 5.73 Å². The lowest BCUT2D eigenvalue weighted by molar-refractivity contribution is -0.386. The molecule has 1 aliphatic rings. The molecule has 0 spiro atoms. The molecular weight excluding hydrogens is 225 g/mol. The number of hydrogen-bond acceptors (Lipinski definition) is 4. The van der Waals surface area contributed by atoms with Gasteiger partial charge in [0.25, 0.3) is 0 Å². The zero-order valence-electron chi connectivity index (χ0n) is 9.30. The number of nitro benzene ring substituents is 1. The molecule has 6 heteroatoms. The Morgan fingerprint density at radius 1 is 1.53 bits per heavy atom. The SMILES string of the molecule is N[C@@H]1CCCN(c2cccc(F)c2[N+](=O)[O-])C1. The van der Waals surface area contributed by atoms with Crippen LogP contribution < -0.4 is 10.6 Å². The van der Waals surface area contributed by atoms with Gasteiger partial charge in [0.05, 0.1) is 4.92 Å². The van der Waals surface area contributed by atoms with Crippen molar-refractivity contribution in [1.29, 1.82) is 0 Å². The Morgan fingerprint density at radius 3 is 2.94 bits per heavy atom. The molecule has 0 bridgehead atoms. The van der Waals surface area contributed by atoms with E-state index in [1.807, 2.05) is 0 Å². The van der Waals surface area contributed by atoms with E-state index in [1.54, 1.807) is 11.0 Å². The molecule has 0 amide bonds. The average molecular weight is 239 g/mol. The molecule has 92 valence electrons. The molecule has 0 unspecified atom stereocenters. The van der Waals surface area contributed by atoms with Gasteiger partial charge in [-0.1, -0.05) is 6.07 Å². The second-order valence-electron chi connectivity index (χ2n) is 4.21. The van der Waals surface area contributed by atoms with Crippen LogP contribution >= 0.6 is 0 Å². The van der Waals surface area contributed by atoms with Crippen molar-refractivity contribution in [2.24, 2.45) is 5.73 Å². The summed E-state index contributed by atoms with van der Waals surface area (Å²) in [4.78, 5) is 12.0. The summed E-state index contributed by atoms with van der Waals surface area (Å²) in [5, 5.41) is 10.9. The minimum absolute atomic E-state index is 0.00776. The van der Waals surface area contributed by atoms with Gasteiger partial charge in [-0.05, 0) is 25.0 Å². The predicted octanol–water partition coefficient (Wildman–Crippen LogP) is 1.66. The summed E-state index contributed by atoms with van der Waals surface area (Å²) in [5.74, 6) is -0.799. The van der Waals surface area contributed by atoms with E-state index in [0.717, 1.165) is 18.9 Å². The molecule has 0 aliphatic carbocycles. The number of rotatable bonds is 2. The molecular formula is C11H14FN3O2. The van der Waals surface area contributed by atoms with E-state index < -0.39 is 16.4 Å². The molecule has 5 nitrogen and oxygen atoms in total. The standard InChI is InChI=1S/C11H14FN3O2/c12-9-4-1-5-10(11(9)15(16)17)14-6-2-3-8(13)7-14/h1,4-5,8H,2-3,6-7,13H2/t8-/m1/s1. The van der Waals surface area contributed by atoms with Crippen molar-refractivity contribution in [3.63, 3.8) is 0 Å². The van der Waals surface area contributed by atoms with Crippen LogP contribution in [0.5, 0.6) is 0 Å². The second-order valence-corrected chi connectivity index (χ2v) is 4.21. The maximum atomic E-state index is 13.5. The van der Waals surface area contributed by atoms with Gasteiger partial charge in [0.1, 0.15) is 5.69 Å². The first-order valence-corrected chi connectivity index (χ1v) is 5.53. The van der Waals surface area contributed by atoms with Crippen molar-refractivity contribution in [2.45, 2.75) is 18.9 Å². The van der Waals surface area contributed by atoms with E-state index in [0.29, 0.717) is 18.8 Å². The van der Waals surface area contributed by atoms with Crippen LogP contribution in [-0.4, -0.2) is 24.1 Å². The van der Waals surface area contributed by atoms with E-state index in [1.165, 1.54) is 6.07 Å². The normalized spacial score (nSPS) is 20.4. The number of nitro groups is 1. The number of anilines is 1. The van der Waals surface area contributed by atoms with Crippen LogP contribution in [0.25, 0.3) is 0 Å². The molecule has 0 radical (unpaired) electrons. The van der Waals surface area contributed by atoms with Gasteiger partial charge in [-0.25, -0.2) is 0 Å². The van der Waals surface area contributed by atoms with Crippen molar-refractivity contribution in [3.8, 4) is 0 Å². The van der Waals surface area contributed by atoms with Gasteiger partial charge in [-0.2, -0.15) is 4.39 Å². The Labute approximate surface area is 98.2 Å². The first-order valence-electron chi connectivity index (χ1n) is 5.53. The van der Waals surface area contributed by atoms with Crippen LogP contribution in [0, 0.1) is 15.9 Å². The lowest BCUT2D eigenvalue weighted by Crippen LogP contribution is -2.43. The van der Waals surface area contributed by atoms with Crippen LogP contribution in [0.3, 0.4) is 0 Å². The third-order valence-corrected chi connectivity index (χ3v) is 2.95. The Morgan fingerprint density at radius 2 is 2.29 bits per heavy atom. The molecule has 1 atom stereocenters. The summed E-state index contributed by atoms with van der Waals surface area (Å²) in [6.07, 6.45) is 1.77. The summed E-state index contributed by atoms with van der Waals surface area (Å²) in [6, 6.07) is 4.15. The van der Waals surface area contributed by atoms with Crippen LogP contribution in [0.15, 0.2) is 18.2 Å². The van der Waals surface area contributed by atoms with Crippen LogP contribution in [0.1, 0.15) is 12.8 Å². The zero-order chi connectivity index (χ0) is 12.4. The minimum Gasteiger partial charge on any atom is -0.364 e. The first kappa shape index (κ1) is 11.8. The monoisotopic (exact) mass is 239 g/mol. The van der Waals surface area contributed by atoms with E-state index in [-0.39, 0.29) is 6.04 Å². The maximum Gasteiger partial charge on any atom is 0.327 e. The lowest BCUT2D eigenvalue weighted by Gasteiger charge is -2.32. The summed E-state index contributed by atoms with van der Waals surface area (Å²) >= 11 is 0. The third kappa shape index (κ3) is 2.36. The van der Waals surface area contributed by atoms with Gasteiger partial charge in [0.2, 0.25) is 5.82 Å². The maximum absolute atomic E-state index is 13.5. The van der Waals surface area contributed by atoms with E-state index in [2.05, 4.69) is 0 Å². The molecule has 1 aromatic rings. The van der Waals surface area contributed by atoms with Crippen LogP contribution in [-0.2, 0) is 0 Å². The van der Waals surface area contributed by atoms with Gasteiger partial charge in [0.15, 0.2) is 0 Å². The highest BCUT2D eigenvalue weighted by molar-refractivity contribution is 5.64. The van der Waals surface area contributed by atoms with E-state index in [9.17, 15) is 14.5 Å². The van der Waals surface area contributed by atoms with Gasteiger partial charge >= 0.3 is 5.69 Å². The molecule has 2 rings (SSSR count). The summed E-state index contributed by atoms with van der Waals surface area (Å²) in [6.45, 7) is 1.21. The quantitative estimate of drug-likeness (QED) is 0.629.